The van der Waals surface area contributed by atoms with E-state index in [1.807, 2.05) is 30.3 Å². The molecular formula is C15H10Br2N2O2. The van der Waals surface area contributed by atoms with Crippen molar-refractivity contribution in [3.63, 3.8) is 0 Å². The molecule has 0 saturated heterocycles. The predicted octanol–water partition coefficient (Wildman–Crippen LogP) is 4.61. The number of hydrazone groups is 1. The fraction of sp³-hybridized carbons (Fsp3) is 0.0667. The number of amides is 1. The lowest BCUT2D eigenvalue weighted by atomic mass is 10.1. The van der Waals surface area contributed by atoms with Crippen LogP contribution in [0.5, 0.6) is 0 Å². The van der Waals surface area contributed by atoms with Gasteiger partial charge in [0.25, 0.3) is 5.91 Å². The molecule has 0 saturated carbocycles. The zero-order valence-electron chi connectivity index (χ0n) is 11.0. The van der Waals surface area contributed by atoms with Crippen molar-refractivity contribution in [2.45, 2.75) is 6.92 Å². The van der Waals surface area contributed by atoms with Gasteiger partial charge in [-0.3, -0.25) is 4.79 Å². The Morgan fingerprint density at radius 2 is 1.95 bits per heavy atom. The quantitative estimate of drug-likeness (QED) is 0.679. The van der Waals surface area contributed by atoms with Gasteiger partial charge in [0, 0.05) is 0 Å². The number of hydrogen-bond donors (Lipinski definition) is 0. The van der Waals surface area contributed by atoms with Crippen LogP contribution in [0.2, 0.25) is 0 Å². The number of benzene rings is 1. The van der Waals surface area contributed by atoms with Crippen molar-refractivity contribution in [2.24, 2.45) is 5.10 Å². The molecule has 21 heavy (non-hydrogen) atoms. The summed E-state index contributed by atoms with van der Waals surface area (Å²) in [5.41, 5.74) is 1.92. The first-order valence-corrected chi connectivity index (χ1v) is 7.76. The van der Waals surface area contributed by atoms with Crippen LogP contribution in [0.3, 0.4) is 0 Å². The van der Waals surface area contributed by atoms with Crippen LogP contribution in [0.4, 0.5) is 5.69 Å². The molecule has 0 atom stereocenters. The third kappa shape index (κ3) is 2.73. The van der Waals surface area contributed by atoms with Crippen molar-refractivity contribution in [1.29, 1.82) is 0 Å². The normalized spacial score (nSPS) is 16.7. The van der Waals surface area contributed by atoms with Crippen LogP contribution in [0.1, 0.15) is 12.7 Å². The maximum atomic E-state index is 12.5. The molecule has 0 bridgehead atoms. The second-order valence-electron chi connectivity index (χ2n) is 4.47. The van der Waals surface area contributed by atoms with E-state index in [1.165, 1.54) is 5.01 Å². The first-order valence-electron chi connectivity index (χ1n) is 6.18. The van der Waals surface area contributed by atoms with E-state index < -0.39 is 0 Å². The summed E-state index contributed by atoms with van der Waals surface area (Å²) in [6, 6.07) is 11.1. The van der Waals surface area contributed by atoms with Crippen LogP contribution in [0.25, 0.3) is 6.08 Å². The SMILES string of the molecule is CC1=NN(c2ccccc2)C(=O)/C1=C\c1cc(Br)c(Br)o1. The van der Waals surface area contributed by atoms with E-state index in [0.29, 0.717) is 21.7 Å². The molecule has 1 aliphatic heterocycles. The fourth-order valence-electron chi connectivity index (χ4n) is 2.01. The Morgan fingerprint density at radius 3 is 2.57 bits per heavy atom. The topological polar surface area (TPSA) is 45.8 Å². The number of carbonyl (C=O) groups is 1. The van der Waals surface area contributed by atoms with E-state index in [9.17, 15) is 4.79 Å². The van der Waals surface area contributed by atoms with E-state index in [2.05, 4.69) is 37.0 Å². The maximum absolute atomic E-state index is 12.5. The highest BCUT2D eigenvalue weighted by molar-refractivity contribution is 9.13. The first-order chi connectivity index (χ1) is 10.1. The highest BCUT2D eigenvalue weighted by atomic mass is 79.9. The summed E-state index contributed by atoms with van der Waals surface area (Å²) in [4.78, 5) is 12.5. The van der Waals surface area contributed by atoms with Gasteiger partial charge < -0.3 is 4.42 Å². The smallest absolute Gasteiger partial charge is 0.280 e. The first kappa shape index (κ1) is 14.3. The van der Waals surface area contributed by atoms with Gasteiger partial charge in [0.2, 0.25) is 0 Å². The molecule has 0 radical (unpaired) electrons. The van der Waals surface area contributed by atoms with Gasteiger partial charge in [-0.25, -0.2) is 0 Å². The van der Waals surface area contributed by atoms with Crippen LogP contribution in [-0.4, -0.2) is 11.6 Å². The molecule has 0 aliphatic carbocycles. The number of furan rings is 1. The molecular weight excluding hydrogens is 400 g/mol. The summed E-state index contributed by atoms with van der Waals surface area (Å²) in [6.45, 7) is 1.81. The van der Waals surface area contributed by atoms with Crippen LogP contribution in [0, 0.1) is 0 Å². The zero-order valence-corrected chi connectivity index (χ0v) is 14.2. The number of carbonyl (C=O) groups excluding carboxylic acids is 1. The van der Waals surface area contributed by atoms with Crippen molar-refractivity contribution in [3.05, 3.63) is 56.9 Å². The van der Waals surface area contributed by atoms with Gasteiger partial charge in [-0.1, -0.05) is 18.2 Å². The number of rotatable bonds is 2. The van der Waals surface area contributed by atoms with Crippen molar-refractivity contribution in [3.8, 4) is 0 Å². The van der Waals surface area contributed by atoms with Gasteiger partial charge in [0.1, 0.15) is 5.76 Å². The molecule has 4 nitrogen and oxygen atoms in total. The number of hydrogen-bond acceptors (Lipinski definition) is 3. The van der Waals surface area contributed by atoms with E-state index >= 15 is 0 Å². The van der Waals surface area contributed by atoms with E-state index in [-0.39, 0.29) is 5.91 Å². The molecule has 2 aromatic rings. The van der Waals surface area contributed by atoms with Gasteiger partial charge >= 0.3 is 0 Å². The molecule has 106 valence electrons. The summed E-state index contributed by atoms with van der Waals surface area (Å²) in [5, 5.41) is 5.71. The van der Waals surface area contributed by atoms with Crippen molar-refractivity contribution >= 4 is 55.2 Å². The Bertz CT molecular complexity index is 744. The molecule has 6 heteroatoms. The Hall–Kier alpha value is -1.66. The van der Waals surface area contributed by atoms with Crippen LogP contribution in [-0.2, 0) is 4.79 Å². The fourth-order valence-corrected chi connectivity index (χ4v) is 2.61. The molecule has 0 fully saturated rings. The predicted molar refractivity (Wildman–Crippen MR) is 89.1 cm³/mol. The van der Waals surface area contributed by atoms with Crippen molar-refractivity contribution in [1.82, 2.24) is 0 Å². The number of nitrogens with zero attached hydrogens (tertiary/aromatic N) is 2. The van der Waals surface area contributed by atoms with E-state index in [0.717, 1.165) is 10.2 Å². The monoisotopic (exact) mass is 408 g/mol. The van der Waals surface area contributed by atoms with Crippen LogP contribution >= 0.6 is 31.9 Å². The average molecular weight is 410 g/mol. The van der Waals surface area contributed by atoms with E-state index in [4.69, 9.17) is 4.42 Å². The molecule has 1 aromatic carbocycles. The summed E-state index contributed by atoms with van der Waals surface area (Å²) < 4.78 is 6.87. The Labute approximate surface area is 138 Å². The number of para-hydroxylation sites is 1. The molecule has 1 amide bonds. The third-order valence-corrected chi connectivity index (χ3v) is 4.72. The minimum atomic E-state index is -0.164. The number of anilines is 1. The molecule has 2 heterocycles. The van der Waals surface area contributed by atoms with Crippen LogP contribution in [0.15, 0.2) is 60.6 Å². The minimum absolute atomic E-state index is 0.164. The standard InChI is InChI=1S/C15H10Br2N2O2/c1-9-12(7-11-8-13(16)14(17)21-11)15(20)19(18-9)10-5-3-2-4-6-10/h2-8H,1H3/b12-7-. The largest absolute Gasteiger partial charge is 0.449 e. The number of halogens is 2. The lowest BCUT2D eigenvalue weighted by Crippen LogP contribution is -2.21. The lowest BCUT2D eigenvalue weighted by Gasteiger charge is -2.10. The summed E-state index contributed by atoms with van der Waals surface area (Å²) >= 11 is 6.62. The zero-order chi connectivity index (χ0) is 15.0. The van der Waals surface area contributed by atoms with Gasteiger partial charge in [0.05, 0.1) is 21.4 Å². The van der Waals surface area contributed by atoms with Gasteiger partial charge in [-0.15, -0.1) is 0 Å². The summed E-state index contributed by atoms with van der Waals surface area (Å²) in [5.74, 6) is 0.420. The Morgan fingerprint density at radius 1 is 1.24 bits per heavy atom. The lowest BCUT2D eigenvalue weighted by molar-refractivity contribution is -0.114. The van der Waals surface area contributed by atoms with Crippen molar-refractivity contribution in [2.75, 3.05) is 5.01 Å². The van der Waals surface area contributed by atoms with Gasteiger partial charge in [-0.05, 0) is 63.1 Å². The van der Waals surface area contributed by atoms with Gasteiger partial charge in [-0.2, -0.15) is 10.1 Å². The molecule has 3 rings (SSSR count). The molecule has 0 spiro atoms. The second-order valence-corrected chi connectivity index (χ2v) is 6.04. The van der Waals surface area contributed by atoms with E-state index in [1.54, 1.807) is 19.1 Å². The van der Waals surface area contributed by atoms with Crippen molar-refractivity contribution < 1.29 is 9.21 Å². The second kappa shape index (κ2) is 5.61. The maximum Gasteiger partial charge on any atom is 0.280 e. The van der Waals surface area contributed by atoms with Gasteiger partial charge in [0.15, 0.2) is 4.67 Å². The molecule has 0 unspecified atom stereocenters. The summed E-state index contributed by atoms with van der Waals surface area (Å²) in [7, 11) is 0. The summed E-state index contributed by atoms with van der Waals surface area (Å²) in [6.07, 6.45) is 1.69. The highest BCUT2D eigenvalue weighted by Gasteiger charge is 2.28. The molecule has 1 aromatic heterocycles. The highest BCUT2D eigenvalue weighted by Crippen LogP contribution is 2.30. The molecule has 0 N–H and O–H groups in total. The average Bonchev–Trinajstić information content (AvgIpc) is 2.94. The third-order valence-electron chi connectivity index (χ3n) is 3.01. The Balaban J connectivity index is 1.96. The molecule has 1 aliphatic rings. The van der Waals surface area contributed by atoms with Crippen LogP contribution < -0.4 is 5.01 Å². The Kier molecular flexibility index (Phi) is 3.82. The minimum Gasteiger partial charge on any atom is -0.449 e.